The number of nitrogens with one attached hydrogen (secondary N) is 2. The third-order valence-corrected chi connectivity index (χ3v) is 5.63. The highest BCUT2D eigenvalue weighted by Crippen LogP contribution is 2.32. The van der Waals surface area contributed by atoms with Crippen molar-refractivity contribution in [1.82, 2.24) is 15.7 Å². The molecule has 0 saturated carbocycles. The van der Waals surface area contributed by atoms with Crippen molar-refractivity contribution in [2.75, 3.05) is 20.2 Å². The quantitative estimate of drug-likeness (QED) is 0.703. The molecule has 8 nitrogen and oxygen atoms in total. The lowest BCUT2D eigenvalue weighted by molar-refractivity contribution is -0.145. The molecular formula is C18H23N3O5S. The van der Waals surface area contributed by atoms with Crippen molar-refractivity contribution in [3.05, 3.63) is 34.2 Å². The van der Waals surface area contributed by atoms with Crippen LogP contribution in [0.4, 0.5) is 0 Å². The maximum absolute atomic E-state index is 12.3. The topological polar surface area (TPSA) is 97.0 Å². The van der Waals surface area contributed by atoms with E-state index >= 15 is 0 Å². The summed E-state index contributed by atoms with van der Waals surface area (Å²) in [6.45, 7) is 1.51. The third-order valence-electron chi connectivity index (χ3n) is 4.75. The van der Waals surface area contributed by atoms with Gasteiger partial charge in [-0.3, -0.25) is 24.7 Å². The average molecular weight is 393 g/mol. The Labute approximate surface area is 161 Å². The van der Waals surface area contributed by atoms with Crippen LogP contribution >= 0.6 is 11.3 Å². The molecule has 1 saturated heterocycles. The van der Waals surface area contributed by atoms with E-state index in [0.717, 1.165) is 4.88 Å². The van der Waals surface area contributed by atoms with Crippen molar-refractivity contribution in [2.45, 2.75) is 37.8 Å². The number of thiophene rings is 1. The summed E-state index contributed by atoms with van der Waals surface area (Å²) in [5.74, 6) is -0.669. The summed E-state index contributed by atoms with van der Waals surface area (Å²) in [7, 11) is 1.31. The molecule has 1 aromatic heterocycles. The molecule has 0 aliphatic carbocycles. The van der Waals surface area contributed by atoms with E-state index in [0.29, 0.717) is 38.2 Å². The van der Waals surface area contributed by atoms with Crippen molar-refractivity contribution < 1.29 is 24.0 Å². The van der Waals surface area contributed by atoms with E-state index < -0.39 is 5.60 Å². The summed E-state index contributed by atoms with van der Waals surface area (Å²) in [5.41, 5.74) is 2.55. The summed E-state index contributed by atoms with van der Waals surface area (Å²) in [5, 5.41) is 4.83. The number of methoxy groups -OCH3 is 1. The number of likely N-dealkylation sites (tertiary alicyclic amines) is 1. The number of carbonyl (C=O) groups excluding carboxylic acids is 3. The number of amides is 2. The Morgan fingerprint density at radius 2 is 2.11 bits per heavy atom. The van der Waals surface area contributed by atoms with Crippen molar-refractivity contribution >= 4 is 29.1 Å². The molecule has 2 N–H and O–H groups in total. The van der Waals surface area contributed by atoms with Crippen LogP contribution in [-0.2, 0) is 30.5 Å². The molecule has 146 valence electrons. The van der Waals surface area contributed by atoms with Gasteiger partial charge in [-0.15, -0.1) is 11.3 Å². The lowest BCUT2D eigenvalue weighted by atomic mass is 9.90. The lowest BCUT2D eigenvalue weighted by Crippen LogP contribution is -2.46. The van der Waals surface area contributed by atoms with Crippen LogP contribution in [-0.4, -0.2) is 48.5 Å². The normalized spacial score (nSPS) is 18.0. The summed E-state index contributed by atoms with van der Waals surface area (Å²) in [6, 6.07) is 3.91. The first kappa shape index (κ1) is 19.4. The van der Waals surface area contributed by atoms with Crippen LogP contribution < -0.4 is 10.8 Å². The van der Waals surface area contributed by atoms with Gasteiger partial charge in [0.25, 0.3) is 5.91 Å². The molecular weight excluding hydrogens is 370 g/mol. The Kier molecular flexibility index (Phi) is 6.12. The molecule has 1 fully saturated rings. The Morgan fingerprint density at radius 3 is 2.78 bits per heavy atom. The van der Waals surface area contributed by atoms with Crippen molar-refractivity contribution in [3.8, 4) is 0 Å². The Morgan fingerprint density at radius 1 is 1.33 bits per heavy atom. The maximum atomic E-state index is 12.3. The zero-order chi connectivity index (χ0) is 19.3. The lowest BCUT2D eigenvalue weighted by Gasteiger charge is -2.36. The highest BCUT2D eigenvalue weighted by Gasteiger charge is 2.40. The molecule has 2 aliphatic rings. The zero-order valence-electron chi connectivity index (χ0n) is 15.2. The van der Waals surface area contributed by atoms with Gasteiger partial charge >= 0.3 is 5.97 Å². The molecule has 0 aromatic carbocycles. The zero-order valence-corrected chi connectivity index (χ0v) is 16.0. The van der Waals surface area contributed by atoms with Crippen LogP contribution in [0.1, 0.15) is 30.6 Å². The van der Waals surface area contributed by atoms with E-state index in [2.05, 4.69) is 15.5 Å². The number of rotatable bonds is 6. The first-order valence-electron chi connectivity index (χ1n) is 8.83. The minimum Gasteiger partial charge on any atom is -0.469 e. The van der Waals surface area contributed by atoms with Gasteiger partial charge < -0.3 is 15.0 Å². The Hall–Kier alpha value is -2.39. The van der Waals surface area contributed by atoms with Crippen LogP contribution in [0.25, 0.3) is 0 Å². The van der Waals surface area contributed by atoms with Crippen LogP contribution in [0, 0.1) is 0 Å². The fourth-order valence-electron chi connectivity index (χ4n) is 3.12. The molecule has 0 radical (unpaired) electrons. The van der Waals surface area contributed by atoms with E-state index in [-0.39, 0.29) is 30.6 Å². The SMILES string of the molecule is COC(=O)CCC(=O)N1CCC2(C=C(C(=O)NCc3cccs3)NO2)CC1. The number of hydrogen-bond donors (Lipinski definition) is 2. The van der Waals surface area contributed by atoms with Gasteiger partial charge in [-0.05, 0) is 17.5 Å². The molecule has 3 rings (SSSR count). The molecule has 27 heavy (non-hydrogen) atoms. The molecule has 1 aromatic rings. The Bertz CT molecular complexity index is 723. The van der Waals surface area contributed by atoms with Gasteiger partial charge in [0.1, 0.15) is 11.3 Å². The van der Waals surface area contributed by atoms with Gasteiger partial charge in [0.15, 0.2) is 0 Å². The van der Waals surface area contributed by atoms with Crippen molar-refractivity contribution in [2.24, 2.45) is 0 Å². The van der Waals surface area contributed by atoms with E-state index in [9.17, 15) is 14.4 Å². The summed E-state index contributed by atoms with van der Waals surface area (Å²) >= 11 is 1.59. The van der Waals surface area contributed by atoms with Gasteiger partial charge in [-0.2, -0.15) is 0 Å². The number of hydrogen-bond acceptors (Lipinski definition) is 7. The summed E-state index contributed by atoms with van der Waals surface area (Å²) < 4.78 is 4.56. The number of piperidine rings is 1. The molecule has 1 spiro atoms. The van der Waals surface area contributed by atoms with Gasteiger partial charge in [-0.1, -0.05) is 6.07 Å². The van der Waals surface area contributed by atoms with Crippen molar-refractivity contribution in [3.63, 3.8) is 0 Å². The van der Waals surface area contributed by atoms with Crippen LogP contribution in [0.2, 0.25) is 0 Å². The number of ether oxygens (including phenoxy) is 1. The number of nitrogens with zero attached hydrogens (tertiary/aromatic N) is 1. The second-order valence-electron chi connectivity index (χ2n) is 6.55. The smallest absolute Gasteiger partial charge is 0.306 e. The summed E-state index contributed by atoms with van der Waals surface area (Å²) in [4.78, 5) is 44.1. The maximum Gasteiger partial charge on any atom is 0.306 e. The molecule has 9 heteroatoms. The molecule has 0 unspecified atom stereocenters. The van der Waals surface area contributed by atoms with Gasteiger partial charge in [0.2, 0.25) is 5.91 Å². The molecule has 2 amide bonds. The average Bonchev–Trinajstić information content (AvgIpc) is 3.35. The van der Waals surface area contributed by atoms with E-state index in [1.165, 1.54) is 7.11 Å². The number of hydroxylamine groups is 1. The first-order valence-corrected chi connectivity index (χ1v) is 9.71. The highest BCUT2D eigenvalue weighted by atomic mass is 32.1. The number of carbonyl (C=O) groups is 3. The fourth-order valence-corrected chi connectivity index (χ4v) is 3.76. The van der Waals surface area contributed by atoms with Gasteiger partial charge in [0, 0.05) is 37.2 Å². The minimum absolute atomic E-state index is 0.0703. The summed E-state index contributed by atoms with van der Waals surface area (Å²) in [6.07, 6.45) is 3.22. The van der Waals surface area contributed by atoms with E-state index in [1.54, 1.807) is 16.2 Å². The van der Waals surface area contributed by atoms with Crippen LogP contribution in [0.3, 0.4) is 0 Å². The predicted molar refractivity (Wildman–Crippen MR) is 98.3 cm³/mol. The second-order valence-corrected chi connectivity index (χ2v) is 7.58. The fraction of sp³-hybridized carbons (Fsp3) is 0.500. The number of esters is 1. The van der Waals surface area contributed by atoms with Crippen LogP contribution in [0.15, 0.2) is 29.3 Å². The van der Waals surface area contributed by atoms with Crippen molar-refractivity contribution in [1.29, 1.82) is 0 Å². The molecule has 0 atom stereocenters. The van der Waals surface area contributed by atoms with E-state index in [1.807, 2.05) is 23.6 Å². The van der Waals surface area contributed by atoms with Crippen LogP contribution in [0.5, 0.6) is 0 Å². The van der Waals surface area contributed by atoms with Gasteiger partial charge in [-0.25, -0.2) is 0 Å². The highest BCUT2D eigenvalue weighted by molar-refractivity contribution is 7.09. The molecule has 2 aliphatic heterocycles. The van der Waals surface area contributed by atoms with E-state index in [4.69, 9.17) is 4.84 Å². The predicted octanol–water partition coefficient (Wildman–Crippen LogP) is 1.10. The standard InChI is InChI=1S/C18H23N3O5S/c1-25-16(23)5-4-15(22)21-8-6-18(7-9-21)11-14(20-26-18)17(24)19-12-13-3-2-10-27-13/h2-3,10-11,20H,4-9,12H2,1H3,(H,19,24). The first-order chi connectivity index (χ1) is 13.0. The van der Waals surface area contributed by atoms with Gasteiger partial charge in [0.05, 0.1) is 20.1 Å². The molecule has 3 heterocycles. The minimum atomic E-state index is -0.575. The molecule has 0 bridgehead atoms. The Balaban J connectivity index is 1.48. The third kappa shape index (κ3) is 4.86. The largest absolute Gasteiger partial charge is 0.469 e. The monoisotopic (exact) mass is 393 g/mol. The second kappa shape index (κ2) is 8.53.